The molecule has 39 heavy (non-hydrogen) atoms. The van der Waals surface area contributed by atoms with E-state index in [1.165, 1.54) is 29.6 Å². The molecule has 5 aromatic rings. The van der Waals surface area contributed by atoms with Crippen molar-refractivity contribution >= 4 is 40.4 Å². The zero-order valence-corrected chi connectivity index (χ0v) is 22.6. The third kappa shape index (κ3) is 4.04. The van der Waals surface area contributed by atoms with Crippen molar-refractivity contribution in [1.82, 2.24) is 4.57 Å². The van der Waals surface area contributed by atoms with Crippen molar-refractivity contribution in [3.05, 3.63) is 131 Å². The van der Waals surface area contributed by atoms with Crippen molar-refractivity contribution in [2.24, 2.45) is 4.99 Å². The molecule has 1 atom stereocenters. The van der Waals surface area contributed by atoms with Crippen molar-refractivity contribution in [1.29, 1.82) is 0 Å². The van der Waals surface area contributed by atoms with E-state index in [9.17, 15) is 9.59 Å². The first-order chi connectivity index (χ1) is 19.1. The minimum absolute atomic E-state index is 0.0757. The minimum Gasteiger partial charge on any atom is -0.465 e. The number of carbonyl (C=O) groups excluding carboxylic acids is 1. The van der Waals surface area contributed by atoms with Crippen LogP contribution in [0.4, 0.5) is 0 Å². The molecule has 0 saturated heterocycles. The Labute approximate surface area is 231 Å². The van der Waals surface area contributed by atoms with Gasteiger partial charge < -0.3 is 9.15 Å². The highest BCUT2D eigenvalue weighted by molar-refractivity contribution is 7.10. The molecule has 3 aromatic heterocycles. The largest absolute Gasteiger partial charge is 0.465 e. The lowest BCUT2D eigenvalue weighted by Gasteiger charge is -2.30. The number of thiophene rings is 1. The Kier molecular flexibility index (Phi) is 5.79. The smallest absolute Gasteiger partial charge is 0.337 e. The predicted octanol–water partition coefficient (Wildman–Crippen LogP) is 5.43. The molecule has 0 spiro atoms. The lowest BCUT2D eigenvalue weighted by atomic mass is 9.85. The highest BCUT2D eigenvalue weighted by Crippen LogP contribution is 2.42. The molecule has 8 heteroatoms. The molecule has 2 aromatic carbocycles. The van der Waals surface area contributed by atoms with Crippen LogP contribution in [0.3, 0.4) is 0 Å². The molecule has 1 aliphatic carbocycles. The van der Waals surface area contributed by atoms with Gasteiger partial charge in [0.15, 0.2) is 4.80 Å². The number of esters is 1. The van der Waals surface area contributed by atoms with E-state index in [0.717, 1.165) is 34.5 Å². The van der Waals surface area contributed by atoms with Crippen LogP contribution in [0.15, 0.2) is 98.0 Å². The van der Waals surface area contributed by atoms with Gasteiger partial charge in [-0.05, 0) is 59.7 Å². The second-order valence-corrected chi connectivity index (χ2v) is 11.4. The number of ether oxygens (including phenoxy) is 1. The number of hydrogen-bond donors (Lipinski definition) is 0. The van der Waals surface area contributed by atoms with Crippen LogP contribution in [0.5, 0.6) is 0 Å². The highest BCUT2D eigenvalue weighted by Gasteiger charge is 2.33. The van der Waals surface area contributed by atoms with E-state index in [1.807, 2.05) is 28.8 Å². The molecule has 0 unspecified atom stereocenters. The Balaban J connectivity index is 1.34. The summed E-state index contributed by atoms with van der Waals surface area (Å²) in [6, 6.07) is 23.1. The van der Waals surface area contributed by atoms with Gasteiger partial charge in [0.25, 0.3) is 5.56 Å². The lowest BCUT2D eigenvalue weighted by Crippen LogP contribution is -2.38. The molecule has 0 N–H and O–H groups in total. The summed E-state index contributed by atoms with van der Waals surface area (Å²) in [6.07, 6.45) is 3.58. The molecule has 0 saturated carbocycles. The molecular formula is C31H22N2O4S2. The van der Waals surface area contributed by atoms with Gasteiger partial charge in [0.1, 0.15) is 11.5 Å². The number of aryl methyl sites for hydroxylation is 1. The third-order valence-corrected chi connectivity index (χ3v) is 9.06. The molecule has 0 fully saturated rings. The lowest BCUT2D eigenvalue weighted by molar-refractivity contribution is 0.0601. The fourth-order valence-corrected chi connectivity index (χ4v) is 7.18. The van der Waals surface area contributed by atoms with Crippen LogP contribution in [-0.4, -0.2) is 17.6 Å². The van der Waals surface area contributed by atoms with E-state index in [4.69, 9.17) is 14.1 Å². The maximum Gasteiger partial charge on any atom is 0.337 e. The number of furan rings is 1. The summed E-state index contributed by atoms with van der Waals surface area (Å²) in [5.74, 6) is 0.749. The molecule has 192 valence electrons. The number of nitrogens with zero attached hydrogens (tertiary/aromatic N) is 2. The Bertz CT molecular complexity index is 1960. The van der Waals surface area contributed by atoms with Gasteiger partial charge >= 0.3 is 5.97 Å². The minimum atomic E-state index is -0.407. The Morgan fingerprint density at radius 3 is 2.82 bits per heavy atom. The summed E-state index contributed by atoms with van der Waals surface area (Å²) in [6.45, 7) is 0. The topological polar surface area (TPSA) is 73.8 Å². The summed E-state index contributed by atoms with van der Waals surface area (Å²) < 4.78 is 13.3. The number of methoxy groups -OCH3 is 1. The van der Waals surface area contributed by atoms with Gasteiger partial charge in [-0.3, -0.25) is 9.36 Å². The first-order valence-corrected chi connectivity index (χ1v) is 14.3. The first kappa shape index (κ1) is 23.8. The summed E-state index contributed by atoms with van der Waals surface area (Å²) in [4.78, 5) is 32.7. The fourth-order valence-electron chi connectivity index (χ4n) is 5.35. The second-order valence-electron chi connectivity index (χ2n) is 9.40. The van der Waals surface area contributed by atoms with Gasteiger partial charge in [-0.1, -0.05) is 53.8 Å². The fraction of sp³-hybridized carbons (Fsp3) is 0.129. The number of fused-ring (bicyclic) bond motifs is 3. The van der Waals surface area contributed by atoms with Gasteiger partial charge in [0.05, 0.1) is 28.9 Å². The molecule has 1 aliphatic heterocycles. The molecule has 7 rings (SSSR count). The SMILES string of the molecule is COC(=O)c1cccc(-c2ccc(/C=c3/sc4n(c3=O)[C@H](c3cccs3)C3=C(N=4)c4ccccc4CC3)o2)c1. The first-order valence-electron chi connectivity index (χ1n) is 12.6. The zero-order valence-electron chi connectivity index (χ0n) is 20.9. The van der Waals surface area contributed by atoms with Crippen LogP contribution in [0.2, 0.25) is 0 Å². The highest BCUT2D eigenvalue weighted by atomic mass is 32.1. The summed E-state index contributed by atoms with van der Waals surface area (Å²) >= 11 is 3.05. The predicted molar refractivity (Wildman–Crippen MR) is 153 cm³/mol. The number of hydrogen-bond acceptors (Lipinski definition) is 7. The van der Waals surface area contributed by atoms with Crippen LogP contribution >= 0.6 is 22.7 Å². The van der Waals surface area contributed by atoms with Crippen LogP contribution in [-0.2, 0) is 11.2 Å². The summed E-state index contributed by atoms with van der Waals surface area (Å²) in [5.41, 5.74) is 5.76. The van der Waals surface area contributed by atoms with Gasteiger partial charge in [-0.15, -0.1) is 11.3 Å². The quantitative estimate of drug-likeness (QED) is 0.280. The van der Waals surface area contributed by atoms with Crippen LogP contribution < -0.4 is 14.9 Å². The zero-order chi connectivity index (χ0) is 26.5. The monoisotopic (exact) mass is 550 g/mol. The second kappa shape index (κ2) is 9.48. The summed E-state index contributed by atoms with van der Waals surface area (Å²) in [7, 11) is 1.36. The standard InChI is InChI=1S/C31H22N2O4S2/c1-36-30(35)20-8-4-7-19(16-20)24-14-12-21(37-24)17-26-29(34)33-28(25-10-5-15-38-25)23-13-11-18-6-2-3-9-22(18)27(23)32-31(33)39-26/h2-10,12,14-17,28H,11,13H2,1H3/b26-17+/t28-/m0/s1. The molecular weight excluding hydrogens is 528 g/mol. The van der Waals surface area contributed by atoms with Crippen LogP contribution in [0.25, 0.3) is 23.1 Å². The van der Waals surface area contributed by atoms with Crippen molar-refractivity contribution in [2.75, 3.05) is 7.11 Å². The number of benzene rings is 2. The van der Waals surface area contributed by atoms with Crippen LogP contribution in [0.1, 0.15) is 44.6 Å². The maximum absolute atomic E-state index is 13.8. The maximum atomic E-state index is 13.8. The van der Waals surface area contributed by atoms with E-state index in [-0.39, 0.29) is 11.6 Å². The van der Waals surface area contributed by atoms with E-state index in [0.29, 0.717) is 26.4 Å². The van der Waals surface area contributed by atoms with Gasteiger partial charge in [-0.2, -0.15) is 0 Å². The van der Waals surface area contributed by atoms with Crippen molar-refractivity contribution in [3.63, 3.8) is 0 Å². The Hall–Kier alpha value is -4.27. The van der Waals surface area contributed by atoms with Crippen LogP contribution in [0, 0.1) is 0 Å². The molecule has 4 heterocycles. The third-order valence-electron chi connectivity index (χ3n) is 7.15. The van der Waals surface area contributed by atoms with Crippen molar-refractivity contribution < 1.29 is 13.9 Å². The Morgan fingerprint density at radius 2 is 1.97 bits per heavy atom. The summed E-state index contributed by atoms with van der Waals surface area (Å²) in [5, 5.41) is 2.06. The van der Waals surface area contributed by atoms with Crippen molar-refractivity contribution in [3.8, 4) is 11.3 Å². The van der Waals surface area contributed by atoms with E-state index < -0.39 is 5.97 Å². The van der Waals surface area contributed by atoms with E-state index in [1.54, 1.807) is 35.6 Å². The Morgan fingerprint density at radius 1 is 1.08 bits per heavy atom. The molecule has 0 amide bonds. The average molecular weight is 551 g/mol. The molecule has 2 aliphatic rings. The molecule has 0 bridgehead atoms. The number of thiazole rings is 1. The van der Waals surface area contributed by atoms with E-state index in [2.05, 4.69) is 35.7 Å². The van der Waals surface area contributed by atoms with Gasteiger partial charge in [-0.25, -0.2) is 9.79 Å². The number of aromatic nitrogens is 1. The molecule has 6 nitrogen and oxygen atoms in total. The van der Waals surface area contributed by atoms with Crippen molar-refractivity contribution in [2.45, 2.75) is 18.9 Å². The van der Waals surface area contributed by atoms with Gasteiger partial charge in [0.2, 0.25) is 0 Å². The normalized spacial score (nSPS) is 16.3. The number of allylic oxidation sites excluding steroid dienone is 1. The molecule has 0 radical (unpaired) electrons. The van der Waals surface area contributed by atoms with E-state index >= 15 is 0 Å². The average Bonchev–Trinajstić information content (AvgIpc) is 3.73. The number of carbonyl (C=O) groups is 1. The van der Waals surface area contributed by atoms with Gasteiger partial charge in [0, 0.05) is 22.1 Å². The number of rotatable bonds is 4.